The van der Waals surface area contributed by atoms with Crippen molar-refractivity contribution >= 4 is 28.9 Å². The molecule has 6 heteroatoms. The highest BCUT2D eigenvalue weighted by atomic mass is 35.5. The second kappa shape index (κ2) is 8.17. The van der Waals surface area contributed by atoms with Crippen LogP contribution in [0.3, 0.4) is 0 Å². The van der Waals surface area contributed by atoms with Gasteiger partial charge in [0.15, 0.2) is 5.13 Å². The third kappa shape index (κ3) is 4.32. The van der Waals surface area contributed by atoms with Crippen LogP contribution in [0, 0.1) is 0 Å². The minimum absolute atomic E-state index is 0. The van der Waals surface area contributed by atoms with Gasteiger partial charge in [0.2, 0.25) is 0 Å². The van der Waals surface area contributed by atoms with Crippen molar-refractivity contribution in [1.82, 2.24) is 15.2 Å². The first kappa shape index (κ1) is 17.7. The molecule has 0 saturated carbocycles. The van der Waals surface area contributed by atoms with E-state index in [2.05, 4.69) is 54.0 Å². The number of nitrogens with one attached hydrogen (secondary N) is 1. The fourth-order valence-electron chi connectivity index (χ4n) is 2.53. The van der Waals surface area contributed by atoms with Crippen molar-refractivity contribution in [3.8, 4) is 0 Å². The Labute approximate surface area is 133 Å². The van der Waals surface area contributed by atoms with Crippen LogP contribution in [-0.2, 0) is 6.54 Å². The van der Waals surface area contributed by atoms with E-state index in [0.29, 0.717) is 12.1 Å². The average Bonchev–Trinajstić information content (AvgIpc) is 2.84. The number of piperazine rings is 1. The molecule has 1 aromatic heterocycles. The molecule has 2 unspecified atom stereocenters. The summed E-state index contributed by atoms with van der Waals surface area (Å²) in [6, 6.07) is 1.20. The van der Waals surface area contributed by atoms with Crippen LogP contribution in [-0.4, -0.2) is 48.1 Å². The predicted octanol–water partition coefficient (Wildman–Crippen LogP) is 2.59. The molecule has 0 aromatic carbocycles. The number of aromatic nitrogens is 1. The summed E-state index contributed by atoms with van der Waals surface area (Å²) in [5.74, 6) is 0. The molecule has 2 rings (SSSR count). The number of anilines is 1. The fourth-order valence-corrected chi connectivity index (χ4v) is 3.59. The van der Waals surface area contributed by atoms with Gasteiger partial charge in [0, 0.05) is 55.9 Å². The Morgan fingerprint density at radius 1 is 1.40 bits per heavy atom. The van der Waals surface area contributed by atoms with Crippen LogP contribution in [0.4, 0.5) is 5.13 Å². The van der Waals surface area contributed by atoms with Crippen molar-refractivity contribution in [2.45, 2.75) is 46.3 Å². The Bertz CT molecular complexity index is 394. The van der Waals surface area contributed by atoms with Crippen LogP contribution < -0.4 is 10.2 Å². The Morgan fingerprint density at radius 2 is 2.10 bits per heavy atom. The van der Waals surface area contributed by atoms with Crippen molar-refractivity contribution in [3.63, 3.8) is 0 Å². The molecule has 20 heavy (non-hydrogen) atoms. The molecular formula is C14H27ClN4S. The summed E-state index contributed by atoms with van der Waals surface area (Å²) < 4.78 is 0. The Hall–Kier alpha value is -0.360. The SMILES string of the molecule is CCN(CC)c1ncc(CN2CC(C)NCC2C)s1.Cl. The number of hydrogen-bond acceptors (Lipinski definition) is 5. The van der Waals surface area contributed by atoms with E-state index >= 15 is 0 Å². The lowest BCUT2D eigenvalue weighted by Crippen LogP contribution is -2.53. The highest BCUT2D eigenvalue weighted by Crippen LogP contribution is 2.24. The minimum Gasteiger partial charge on any atom is -0.349 e. The quantitative estimate of drug-likeness (QED) is 0.904. The summed E-state index contributed by atoms with van der Waals surface area (Å²) in [6.45, 7) is 14.2. The second-order valence-electron chi connectivity index (χ2n) is 5.37. The molecule has 1 fully saturated rings. The van der Waals surface area contributed by atoms with Gasteiger partial charge in [0.25, 0.3) is 0 Å². The summed E-state index contributed by atoms with van der Waals surface area (Å²) in [5, 5.41) is 4.69. The Morgan fingerprint density at radius 3 is 2.75 bits per heavy atom. The van der Waals surface area contributed by atoms with Gasteiger partial charge in [-0.25, -0.2) is 4.98 Å². The molecule has 116 valence electrons. The van der Waals surface area contributed by atoms with Gasteiger partial charge in [-0.15, -0.1) is 23.7 Å². The summed E-state index contributed by atoms with van der Waals surface area (Å²) >= 11 is 1.84. The molecule has 1 aliphatic rings. The third-order valence-electron chi connectivity index (χ3n) is 3.83. The topological polar surface area (TPSA) is 31.4 Å². The monoisotopic (exact) mass is 318 g/mol. The molecule has 0 amide bonds. The van der Waals surface area contributed by atoms with Gasteiger partial charge in [-0.3, -0.25) is 4.90 Å². The highest BCUT2D eigenvalue weighted by Gasteiger charge is 2.23. The van der Waals surface area contributed by atoms with Gasteiger partial charge in [-0.1, -0.05) is 0 Å². The zero-order valence-electron chi connectivity index (χ0n) is 12.9. The van der Waals surface area contributed by atoms with Gasteiger partial charge >= 0.3 is 0 Å². The molecule has 4 nitrogen and oxygen atoms in total. The molecule has 2 atom stereocenters. The lowest BCUT2D eigenvalue weighted by atomic mass is 10.1. The molecule has 0 spiro atoms. The zero-order valence-corrected chi connectivity index (χ0v) is 14.6. The molecule has 1 aliphatic heterocycles. The number of thiazole rings is 1. The Balaban J connectivity index is 0.00000200. The van der Waals surface area contributed by atoms with E-state index in [-0.39, 0.29) is 12.4 Å². The van der Waals surface area contributed by atoms with Crippen molar-refractivity contribution in [3.05, 3.63) is 11.1 Å². The first-order chi connectivity index (χ1) is 9.13. The summed E-state index contributed by atoms with van der Waals surface area (Å²) in [5.41, 5.74) is 0. The molecular weight excluding hydrogens is 292 g/mol. The largest absolute Gasteiger partial charge is 0.349 e. The van der Waals surface area contributed by atoms with Crippen LogP contribution in [0.15, 0.2) is 6.20 Å². The average molecular weight is 319 g/mol. The fraction of sp³-hybridized carbons (Fsp3) is 0.786. The molecule has 2 heterocycles. The summed E-state index contributed by atoms with van der Waals surface area (Å²) in [7, 11) is 0. The van der Waals surface area contributed by atoms with Crippen LogP contribution in [0.1, 0.15) is 32.6 Å². The van der Waals surface area contributed by atoms with E-state index in [1.165, 1.54) is 4.88 Å². The van der Waals surface area contributed by atoms with Gasteiger partial charge in [0.1, 0.15) is 0 Å². The van der Waals surface area contributed by atoms with Gasteiger partial charge in [-0.2, -0.15) is 0 Å². The third-order valence-corrected chi connectivity index (χ3v) is 4.87. The normalized spacial score (nSPS) is 23.4. The van der Waals surface area contributed by atoms with Gasteiger partial charge in [-0.05, 0) is 27.7 Å². The number of rotatable bonds is 5. The maximum absolute atomic E-state index is 4.57. The Kier molecular flexibility index (Phi) is 7.23. The van der Waals surface area contributed by atoms with Crippen molar-refractivity contribution < 1.29 is 0 Å². The first-order valence-corrected chi connectivity index (χ1v) is 8.12. The van der Waals surface area contributed by atoms with Crippen LogP contribution >= 0.6 is 23.7 Å². The van der Waals surface area contributed by atoms with Crippen molar-refractivity contribution in [2.24, 2.45) is 0 Å². The van der Waals surface area contributed by atoms with Crippen LogP contribution in [0.2, 0.25) is 0 Å². The van der Waals surface area contributed by atoms with Crippen LogP contribution in [0.25, 0.3) is 0 Å². The second-order valence-corrected chi connectivity index (χ2v) is 6.46. The molecule has 1 aromatic rings. The lowest BCUT2D eigenvalue weighted by Gasteiger charge is -2.37. The predicted molar refractivity (Wildman–Crippen MR) is 90.3 cm³/mol. The molecule has 0 radical (unpaired) electrons. The number of hydrogen-bond donors (Lipinski definition) is 1. The highest BCUT2D eigenvalue weighted by molar-refractivity contribution is 7.15. The van der Waals surface area contributed by atoms with Crippen molar-refractivity contribution in [2.75, 3.05) is 31.1 Å². The maximum atomic E-state index is 4.57. The van der Waals surface area contributed by atoms with E-state index in [0.717, 1.165) is 37.9 Å². The minimum atomic E-state index is 0. The standard InChI is InChI=1S/C14H26N4S.ClH/c1-5-17(6-2)14-16-8-13(19-14)10-18-9-11(3)15-7-12(18)4;/h8,11-12,15H,5-7,9-10H2,1-4H3;1H. The van der Waals surface area contributed by atoms with E-state index < -0.39 is 0 Å². The molecule has 1 N–H and O–H groups in total. The molecule has 0 bridgehead atoms. The van der Waals surface area contributed by atoms with Crippen LogP contribution in [0.5, 0.6) is 0 Å². The smallest absolute Gasteiger partial charge is 0.185 e. The number of nitrogens with zero attached hydrogens (tertiary/aromatic N) is 3. The zero-order chi connectivity index (χ0) is 13.8. The summed E-state index contributed by atoms with van der Waals surface area (Å²) in [6.07, 6.45) is 2.05. The van der Waals surface area contributed by atoms with Crippen molar-refractivity contribution in [1.29, 1.82) is 0 Å². The molecule has 0 aliphatic carbocycles. The lowest BCUT2D eigenvalue weighted by molar-refractivity contribution is 0.140. The van der Waals surface area contributed by atoms with Gasteiger partial charge < -0.3 is 10.2 Å². The van der Waals surface area contributed by atoms with Gasteiger partial charge in [0.05, 0.1) is 0 Å². The number of halogens is 1. The van der Waals surface area contributed by atoms with E-state index in [1.807, 2.05) is 11.3 Å². The molecule has 1 saturated heterocycles. The van der Waals surface area contributed by atoms with E-state index in [4.69, 9.17) is 0 Å². The van der Waals surface area contributed by atoms with E-state index in [9.17, 15) is 0 Å². The first-order valence-electron chi connectivity index (χ1n) is 7.31. The van der Waals surface area contributed by atoms with E-state index in [1.54, 1.807) is 0 Å². The summed E-state index contributed by atoms with van der Waals surface area (Å²) in [4.78, 5) is 10.8. The maximum Gasteiger partial charge on any atom is 0.185 e.